The molecule has 0 bridgehead atoms. The predicted octanol–water partition coefficient (Wildman–Crippen LogP) is 2.38. The van der Waals surface area contributed by atoms with Gasteiger partial charge in [0.1, 0.15) is 5.82 Å². The third kappa shape index (κ3) is 1.78. The molecule has 18 heavy (non-hydrogen) atoms. The summed E-state index contributed by atoms with van der Waals surface area (Å²) in [6.45, 7) is 0. The Morgan fingerprint density at radius 2 is 2.22 bits per heavy atom. The lowest BCUT2D eigenvalue weighted by atomic mass is 9.94. The van der Waals surface area contributed by atoms with Gasteiger partial charge in [0.2, 0.25) is 0 Å². The third-order valence-corrected chi connectivity index (χ3v) is 3.51. The van der Waals surface area contributed by atoms with Crippen molar-refractivity contribution in [1.82, 2.24) is 9.97 Å². The molecule has 3 nitrogen and oxygen atoms in total. The van der Waals surface area contributed by atoms with E-state index < -0.39 is 11.9 Å². The normalized spacial score (nSPS) is 19.6. The number of pyridine rings is 2. The molecule has 1 aliphatic rings. The first kappa shape index (κ1) is 11.3. The Morgan fingerprint density at radius 3 is 3.06 bits per heavy atom. The summed E-state index contributed by atoms with van der Waals surface area (Å²) < 4.78 is 13.6. The lowest BCUT2D eigenvalue weighted by molar-refractivity contribution is 0.139. The first-order valence-corrected chi connectivity index (χ1v) is 5.98. The number of aliphatic hydroxyl groups excluding tert-OH is 1. The van der Waals surface area contributed by atoms with Crippen molar-refractivity contribution in [3.05, 3.63) is 59.4 Å². The molecule has 2 aromatic rings. The zero-order valence-electron chi connectivity index (χ0n) is 9.75. The van der Waals surface area contributed by atoms with E-state index in [0.717, 1.165) is 30.3 Å². The quantitative estimate of drug-likeness (QED) is 0.882. The number of fused-ring (bicyclic) bond motifs is 1. The summed E-state index contributed by atoms with van der Waals surface area (Å²) in [7, 11) is 0. The topological polar surface area (TPSA) is 46.0 Å². The average molecular weight is 244 g/mol. The standard InChI is InChI=1S/C14H13FN2O/c15-12-8-16-7-5-10(12)14(18)11-4-3-9-2-1-6-17-13(9)11/h1-2,5-8,11,14,18H,3-4H2. The van der Waals surface area contributed by atoms with E-state index in [4.69, 9.17) is 0 Å². The van der Waals surface area contributed by atoms with E-state index in [-0.39, 0.29) is 5.92 Å². The van der Waals surface area contributed by atoms with Gasteiger partial charge in [-0.15, -0.1) is 0 Å². The Labute approximate surface area is 104 Å². The minimum atomic E-state index is -0.857. The minimum absolute atomic E-state index is 0.127. The molecule has 0 saturated carbocycles. The smallest absolute Gasteiger partial charge is 0.147 e. The van der Waals surface area contributed by atoms with E-state index in [1.807, 2.05) is 12.1 Å². The van der Waals surface area contributed by atoms with Gasteiger partial charge >= 0.3 is 0 Å². The highest BCUT2D eigenvalue weighted by atomic mass is 19.1. The lowest BCUT2D eigenvalue weighted by Gasteiger charge is -2.19. The summed E-state index contributed by atoms with van der Waals surface area (Å²) in [6, 6.07) is 5.43. The maximum Gasteiger partial charge on any atom is 0.147 e. The molecule has 0 aromatic carbocycles. The van der Waals surface area contributed by atoms with Crippen LogP contribution in [0.1, 0.15) is 35.3 Å². The number of aryl methyl sites for hydroxylation is 1. The molecule has 0 radical (unpaired) electrons. The minimum Gasteiger partial charge on any atom is -0.388 e. The van der Waals surface area contributed by atoms with Gasteiger partial charge in [0.25, 0.3) is 0 Å². The van der Waals surface area contributed by atoms with Crippen LogP contribution in [0.3, 0.4) is 0 Å². The van der Waals surface area contributed by atoms with E-state index in [1.54, 1.807) is 6.20 Å². The molecule has 2 heterocycles. The first-order chi connectivity index (χ1) is 8.77. The largest absolute Gasteiger partial charge is 0.388 e. The second-order valence-corrected chi connectivity index (χ2v) is 4.53. The number of nitrogens with zero attached hydrogens (tertiary/aromatic N) is 2. The van der Waals surface area contributed by atoms with Crippen molar-refractivity contribution < 1.29 is 9.50 Å². The van der Waals surface area contributed by atoms with Crippen molar-refractivity contribution in [3.63, 3.8) is 0 Å². The number of halogens is 1. The molecule has 0 aliphatic heterocycles. The molecular weight excluding hydrogens is 231 g/mol. The van der Waals surface area contributed by atoms with Gasteiger partial charge in [-0.2, -0.15) is 0 Å². The van der Waals surface area contributed by atoms with Crippen molar-refractivity contribution in [2.24, 2.45) is 0 Å². The summed E-state index contributed by atoms with van der Waals surface area (Å²) in [4.78, 5) is 8.02. The zero-order chi connectivity index (χ0) is 12.5. The predicted molar refractivity (Wildman–Crippen MR) is 64.5 cm³/mol. The van der Waals surface area contributed by atoms with E-state index in [1.165, 1.54) is 12.3 Å². The summed E-state index contributed by atoms with van der Waals surface area (Å²) in [5, 5.41) is 10.3. The fourth-order valence-electron chi connectivity index (χ4n) is 2.59. The molecule has 0 spiro atoms. The highest BCUT2D eigenvalue weighted by Crippen LogP contribution is 2.40. The van der Waals surface area contributed by atoms with E-state index in [2.05, 4.69) is 9.97 Å². The summed E-state index contributed by atoms with van der Waals surface area (Å²) >= 11 is 0. The molecule has 2 atom stereocenters. The van der Waals surface area contributed by atoms with Crippen LogP contribution in [0.4, 0.5) is 4.39 Å². The number of hydrogen-bond donors (Lipinski definition) is 1. The Balaban J connectivity index is 1.96. The van der Waals surface area contributed by atoms with Gasteiger partial charge in [-0.3, -0.25) is 9.97 Å². The van der Waals surface area contributed by atoms with Gasteiger partial charge in [-0.1, -0.05) is 6.07 Å². The highest BCUT2D eigenvalue weighted by Gasteiger charge is 2.31. The van der Waals surface area contributed by atoms with E-state index >= 15 is 0 Å². The molecule has 3 rings (SSSR count). The van der Waals surface area contributed by atoms with Crippen LogP contribution in [0, 0.1) is 5.82 Å². The van der Waals surface area contributed by atoms with Gasteiger partial charge in [-0.25, -0.2) is 4.39 Å². The molecule has 2 unspecified atom stereocenters. The number of aromatic nitrogens is 2. The van der Waals surface area contributed by atoms with Crippen LogP contribution in [-0.2, 0) is 6.42 Å². The highest BCUT2D eigenvalue weighted by molar-refractivity contribution is 5.32. The van der Waals surface area contributed by atoms with Crippen molar-refractivity contribution in [3.8, 4) is 0 Å². The summed E-state index contributed by atoms with van der Waals surface area (Å²) in [5.74, 6) is -0.590. The Morgan fingerprint density at radius 1 is 1.33 bits per heavy atom. The second-order valence-electron chi connectivity index (χ2n) is 4.53. The van der Waals surface area contributed by atoms with Crippen molar-refractivity contribution >= 4 is 0 Å². The fourth-order valence-corrected chi connectivity index (χ4v) is 2.59. The molecule has 2 aromatic heterocycles. The van der Waals surface area contributed by atoms with Crippen LogP contribution in [0.2, 0.25) is 0 Å². The van der Waals surface area contributed by atoms with Gasteiger partial charge in [0.15, 0.2) is 0 Å². The van der Waals surface area contributed by atoms with Gasteiger partial charge in [0, 0.05) is 29.6 Å². The summed E-state index contributed by atoms with van der Waals surface area (Å²) in [5.41, 5.74) is 2.34. The van der Waals surface area contributed by atoms with E-state index in [0.29, 0.717) is 5.56 Å². The van der Waals surface area contributed by atoms with Crippen LogP contribution in [0.25, 0.3) is 0 Å². The maximum absolute atomic E-state index is 13.6. The van der Waals surface area contributed by atoms with Crippen LogP contribution in [-0.4, -0.2) is 15.1 Å². The fraction of sp³-hybridized carbons (Fsp3) is 0.286. The SMILES string of the molecule is OC(c1ccncc1F)C1CCc2cccnc21. The lowest BCUT2D eigenvalue weighted by Crippen LogP contribution is -2.11. The zero-order valence-corrected chi connectivity index (χ0v) is 9.75. The molecule has 0 saturated heterocycles. The van der Waals surface area contributed by atoms with Gasteiger partial charge in [-0.05, 0) is 30.5 Å². The van der Waals surface area contributed by atoms with Crippen molar-refractivity contribution in [2.45, 2.75) is 24.9 Å². The Kier molecular flexibility index (Phi) is 2.80. The van der Waals surface area contributed by atoms with Crippen LogP contribution < -0.4 is 0 Å². The number of aliphatic hydroxyl groups is 1. The van der Waals surface area contributed by atoms with E-state index in [9.17, 15) is 9.50 Å². The Hall–Kier alpha value is -1.81. The van der Waals surface area contributed by atoms with Crippen molar-refractivity contribution in [2.75, 3.05) is 0 Å². The Bertz CT molecular complexity index is 573. The van der Waals surface area contributed by atoms with Crippen molar-refractivity contribution in [1.29, 1.82) is 0 Å². The van der Waals surface area contributed by atoms with Gasteiger partial charge in [0.05, 0.1) is 12.3 Å². The molecule has 1 aliphatic carbocycles. The molecule has 4 heteroatoms. The first-order valence-electron chi connectivity index (χ1n) is 5.98. The summed E-state index contributed by atoms with van der Waals surface area (Å²) in [6.07, 6.45) is 5.17. The van der Waals surface area contributed by atoms with Crippen LogP contribution in [0.15, 0.2) is 36.8 Å². The maximum atomic E-state index is 13.6. The molecule has 0 amide bonds. The van der Waals surface area contributed by atoms with Crippen LogP contribution in [0.5, 0.6) is 0 Å². The molecule has 92 valence electrons. The number of rotatable bonds is 2. The van der Waals surface area contributed by atoms with Gasteiger partial charge < -0.3 is 5.11 Å². The number of hydrogen-bond acceptors (Lipinski definition) is 3. The third-order valence-electron chi connectivity index (χ3n) is 3.51. The molecular formula is C14H13FN2O. The average Bonchev–Trinajstić information content (AvgIpc) is 2.82. The molecule has 1 N–H and O–H groups in total. The van der Waals surface area contributed by atoms with Crippen LogP contribution >= 0.6 is 0 Å². The second kappa shape index (κ2) is 4.46. The monoisotopic (exact) mass is 244 g/mol. The molecule has 0 fully saturated rings.